The Bertz CT molecular complexity index is 792. The third-order valence-electron chi connectivity index (χ3n) is 2.84. The molecule has 2 N–H and O–H groups in total. The van der Waals surface area contributed by atoms with Crippen molar-refractivity contribution < 1.29 is 9.13 Å². The lowest BCUT2D eigenvalue weighted by molar-refractivity contribution is 0.478. The Morgan fingerprint density at radius 3 is 2.75 bits per heavy atom. The Labute approximate surface area is 123 Å². The molecule has 3 aromatic rings. The van der Waals surface area contributed by atoms with Gasteiger partial charge in [0.2, 0.25) is 0 Å². The van der Waals surface area contributed by atoms with Gasteiger partial charge in [0, 0.05) is 23.3 Å². The highest BCUT2D eigenvalue weighted by molar-refractivity contribution is 9.10. The van der Waals surface area contributed by atoms with E-state index in [0.29, 0.717) is 21.7 Å². The van der Waals surface area contributed by atoms with E-state index in [1.165, 1.54) is 12.1 Å². The van der Waals surface area contributed by atoms with E-state index in [1.54, 1.807) is 30.5 Å². The first-order valence-corrected chi connectivity index (χ1v) is 6.70. The lowest BCUT2D eigenvalue weighted by atomic mass is 10.2. The predicted octanol–water partition coefficient (Wildman–Crippen LogP) is 4.51. The minimum atomic E-state index is -0.356. The molecule has 0 bridgehead atoms. The van der Waals surface area contributed by atoms with Crippen LogP contribution in [0.5, 0.6) is 11.5 Å². The van der Waals surface area contributed by atoms with Crippen LogP contribution in [-0.4, -0.2) is 4.98 Å². The number of hydrogen-bond donors (Lipinski definition) is 1. The predicted molar refractivity (Wildman–Crippen MR) is 80.3 cm³/mol. The summed E-state index contributed by atoms with van der Waals surface area (Å²) in [6.07, 6.45) is 1.63. The number of anilines is 1. The van der Waals surface area contributed by atoms with Crippen molar-refractivity contribution in [2.75, 3.05) is 5.73 Å². The fraction of sp³-hybridized carbons (Fsp3) is 0. The van der Waals surface area contributed by atoms with Crippen LogP contribution in [0, 0.1) is 5.82 Å². The van der Waals surface area contributed by atoms with Crippen LogP contribution in [0.4, 0.5) is 10.1 Å². The Morgan fingerprint density at radius 1 is 1.05 bits per heavy atom. The molecule has 3 rings (SSSR count). The minimum absolute atomic E-state index is 0.356. The molecule has 3 nitrogen and oxygen atoms in total. The van der Waals surface area contributed by atoms with Crippen molar-refractivity contribution in [3.63, 3.8) is 0 Å². The van der Waals surface area contributed by atoms with Crippen LogP contribution in [0.1, 0.15) is 0 Å². The second-order valence-corrected chi connectivity index (χ2v) is 5.12. The molecule has 0 fully saturated rings. The van der Waals surface area contributed by atoms with Gasteiger partial charge in [-0.3, -0.25) is 4.98 Å². The highest BCUT2D eigenvalue weighted by atomic mass is 79.9. The quantitative estimate of drug-likeness (QED) is 0.702. The Hall–Kier alpha value is -2.14. The van der Waals surface area contributed by atoms with E-state index in [9.17, 15) is 4.39 Å². The van der Waals surface area contributed by atoms with Gasteiger partial charge in [0.1, 0.15) is 17.3 Å². The van der Waals surface area contributed by atoms with Crippen molar-refractivity contribution in [1.29, 1.82) is 0 Å². The van der Waals surface area contributed by atoms with Crippen molar-refractivity contribution in [2.24, 2.45) is 0 Å². The number of rotatable bonds is 2. The summed E-state index contributed by atoms with van der Waals surface area (Å²) in [4.78, 5) is 4.24. The molecule has 0 radical (unpaired) electrons. The van der Waals surface area contributed by atoms with Crippen LogP contribution in [0.25, 0.3) is 10.9 Å². The normalized spacial score (nSPS) is 10.7. The average molecular weight is 333 g/mol. The van der Waals surface area contributed by atoms with Gasteiger partial charge in [-0.1, -0.05) is 0 Å². The van der Waals surface area contributed by atoms with Crippen LogP contribution in [0.15, 0.2) is 53.1 Å². The van der Waals surface area contributed by atoms with Gasteiger partial charge in [0.25, 0.3) is 0 Å². The number of pyridine rings is 1. The summed E-state index contributed by atoms with van der Waals surface area (Å²) in [5.74, 6) is 0.654. The zero-order chi connectivity index (χ0) is 14.1. The molecular formula is C15H10BrFN2O. The second-order valence-electron chi connectivity index (χ2n) is 4.26. The van der Waals surface area contributed by atoms with Gasteiger partial charge in [-0.15, -0.1) is 0 Å². The Balaban J connectivity index is 2.09. The van der Waals surface area contributed by atoms with Gasteiger partial charge in [-0.25, -0.2) is 4.39 Å². The standard InChI is InChI=1S/C15H10BrFN2O/c16-12-4-1-9(17)7-15(12)20-14-5-6-19-13-8-10(18)2-3-11(13)14/h1-8H,18H2. The molecule has 0 atom stereocenters. The van der Waals surface area contributed by atoms with E-state index in [0.717, 1.165) is 10.9 Å². The average Bonchev–Trinajstić information content (AvgIpc) is 2.43. The molecule has 0 aliphatic heterocycles. The van der Waals surface area contributed by atoms with E-state index < -0.39 is 0 Å². The summed E-state index contributed by atoms with van der Waals surface area (Å²) in [6.45, 7) is 0. The van der Waals surface area contributed by atoms with Gasteiger partial charge >= 0.3 is 0 Å². The molecule has 0 unspecified atom stereocenters. The van der Waals surface area contributed by atoms with Crippen LogP contribution in [-0.2, 0) is 0 Å². The molecule has 2 aromatic carbocycles. The third kappa shape index (κ3) is 2.44. The maximum Gasteiger partial charge on any atom is 0.144 e. The molecule has 0 aliphatic carbocycles. The zero-order valence-electron chi connectivity index (χ0n) is 10.3. The van der Waals surface area contributed by atoms with E-state index in [4.69, 9.17) is 10.5 Å². The number of nitrogens with zero attached hydrogens (tertiary/aromatic N) is 1. The van der Waals surface area contributed by atoms with E-state index in [-0.39, 0.29) is 5.82 Å². The highest BCUT2D eigenvalue weighted by Crippen LogP contribution is 2.34. The number of aromatic nitrogens is 1. The summed E-state index contributed by atoms with van der Waals surface area (Å²) in [7, 11) is 0. The van der Waals surface area contributed by atoms with Crippen LogP contribution >= 0.6 is 15.9 Å². The van der Waals surface area contributed by atoms with Crippen molar-refractivity contribution >= 4 is 32.5 Å². The molecule has 0 saturated heterocycles. The number of nitrogen functional groups attached to an aromatic ring is 1. The number of benzene rings is 2. The zero-order valence-corrected chi connectivity index (χ0v) is 11.9. The Kier molecular flexibility index (Phi) is 3.28. The molecule has 0 saturated carbocycles. The fourth-order valence-electron chi connectivity index (χ4n) is 1.90. The molecule has 20 heavy (non-hydrogen) atoms. The van der Waals surface area contributed by atoms with E-state index in [1.807, 2.05) is 6.07 Å². The van der Waals surface area contributed by atoms with Crippen molar-refractivity contribution in [1.82, 2.24) is 4.98 Å². The minimum Gasteiger partial charge on any atom is -0.455 e. The SMILES string of the molecule is Nc1ccc2c(Oc3cc(F)ccc3Br)ccnc2c1. The largest absolute Gasteiger partial charge is 0.455 e. The first-order valence-electron chi connectivity index (χ1n) is 5.90. The summed E-state index contributed by atoms with van der Waals surface area (Å²) >= 11 is 3.34. The molecule has 5 heteroatoms. The monoisotopic (exact) mass is 332 g/mol. The molecule has 0 spiro atoms. The number of ether oxygens (including phenoxy) is 1. The molecule has 100 valence electrons. The lowest BCUT2D eigenvalue weighted by Gasteiger charge is -2.10. The molecular weight excluding hydrogens is 323 g/mol. The molecule has 1 aromatic heterocycles. The fourth-order valence-corrected chi connectivity index (χ4v) is 2.23. The lowest BCUT2D eigenvalue weighted by Crippen LogP contribution is -1.91. The number of halogens is 2. The third-order valence-corrected chi connectivity index (χ3v) is 3.50. The number of hydrogen-bond acceptors (Lipinski definition) is 3. The van der Waals surface area contributed by atoms with Gasteiger partial charge in [-0.2, -0.15) is 0 Å². The van der Waals surface area contributed by atoms with Crippen molar-refractivity contribution in [3.8, 4) is 11.5 Å². The topological polar surface area (TPSA) is 48.1 Å². The van der Waals surface area contributed by atoms with Crippen molar-refractivity contribution in [2.45, 2.75) is 0 Å². The maximum atomic E-state index is 13.3. The maximum absolute atomic E-state index is 13.3. The van der Waals surface area contributed by atoms with E-state index >= 15 is 0 Å². The number of nitrogens with two attached hydrogens (primary N) is 1. The molecule has 0 amide bonds. The van der Waals surface area contributed by atoms with Gasteiger partial charge in [0.05, 0.1) is 9.99 Å². The first-order chi connectivity index (χ1) is 9.63. The summed E-state index contributed by atoms with van der Waals surface area (Å²) in [5.41, 5.74) is 7.10. The number of fused-ring (bicyclic) bond motifs is 1. The van der Waals surface area contributed by atoms with E-state index in [2.05, 4.69) is 20.9 Å². The summed E-state index contributed by atoms with van der Waals surface area (Å²) in [5, 5.41) is 0.817. The first kappa shape index (κ1) is 12.9. The van der Waals surface area contributed by atoms with Crippen molar-refractivity contribution in [3.05, 3.63) is 59.0 Å². The van der Waals surface area contributed by atoms with Crippen LogP contribution in [0.3, 0.4) is 0 Å². The molecule has 0 aliphatic rings. The van der Waals surface area contributed by atoms with Gasteiger partial charge < -0.3 is 10.5 Å². The van der Waals surface area contributed by atoms with Gasteiger partial charge in [-0.05, 0) is 52.3 Å². The van der Waals surface area contributed by atoms with Crippen LogP contribution in [0.2, 0.25) is 0 Å². The highest BCUT2D eigenvalue weighted by Gasteiger charge is 2.08. The summed E-state index contributed by atoms with van der Waals surface area (Å²) in [6, 6.07) is 11.4. The van der Waals surface area contributed by atoms with Gasteiger partial charge in [0.15, 0.2) is 0 Å². The summed E-state index contributed by atoms with van der Waals surface area (Å²) < 4.78 is 19.7. The Morgan fingerprint density at radius 2 is 1.90 bits per heavy atom. The smallest absolute Gasteiger partial charge is 0.144 e. The molecule has 1 heterocycles. The second kappa shape index (κ2) is 5.09. The van der Waals surface area contributed by atoms with Crippen LogP contribution < -0.4 is 10.5 Å².